The second-order valence-corrected chi connectivity index (χ2v) is 12.6. The molecule has 0 spiro atoms. The van der Waals surface area contributed by atoms with E-state index in [0.717, 1.165) is 38.4 Å². The molecule has 3 heterocycles. The number of rotatable bonds is 7. The Morgan fingerprint density at radius 3 is 2.23 bits per heavy atom. The lowest BCUT2D eigenvalue weighted by molar-refractivity contribution is -0.118. The Kier molecular flexibility index (Phi) is 7.18. The Balaban J connectivity index is 1.62. The SMILES string of the molecule is COc1cc(S(=O)(=O)NC(C)=O)ccc1NC(=O)C(C1=Nc2nccnc2S(=O)(=O)N1C)N1C(=O)c2ccccc2C1=O. The molecule has 3 aromatic rings. The van der Waals surface area contributed by atoms with Crippen molar-refractivity contribution >= 4 is 61.0 Å². The maximum Gasteiger partial charge on any atom is 0.286 e. The molecule has 1 atom stereocenters. The van der Waals surface area contributed by atoms with Crippen LogP contribution in [0.4, 0.5) is 11.5 Å². The molecular formula is C25H21N7O9S2. The fourth-order valence-corrected chi connectivity index (χ4v) is 6.60. The maximum absolute atomic E-state index is 14.0. The Bertz CT molecular complexity index is 1940. The predicted octanol–water partition coefficient (Wildman–Crippen LogP) is 0.278. The average molecular weight is 628 g/mol. The third-order valence-electron chi connectivity index (χ3n) is 6.39. The minimum Gasteiger partial charge on any atom is -0.495 e. The maximum atomic E-state index is 14.0. The highest BCUT2D eigenvalue weighted by atomic mass is 32.2. The number of amidine groups is 1. The first-order valence-electron chi connectivity index (χ1n) is 12.2. The van der Waals surface area contributed by atoms with Crippen LogP contribution in [0.2, 0.25) is 0 Å². The van der Waals surface area contributed by atoms with Crippen molar-refractivity contribution in [3.63, 3.8) is 0 Å². The Morgan fingerprint density at radius 1 is 1.00 bits per heavy atom. The first-order chi connectivity index (χ1) is 20.3. The molecule has 2 aliphatic heterocycles. The van der Waals surface area contributed by atoms with E-state index in [0.29, 0.717) is 9.21 Å². The summed E-state index contributed by atoms with van der Waals surface area (Å²) in [6.45, 7) is 1.01. The van der Waals surface area contributed by atoms with Gasteiger partial charge in [-0.25, -0.2) is 28.1 Å². The van der Waals surface area contributed by atoms with E-state index in [4.69, 9.17) is 4.74 Å². The van der Waals surface area contributed by atoms with Crippen molar-refractivity contribution in [1.29, 1.82) is 0 Å². The molecule has 0 saturated carbocycles. The normalized spacial score (nSPS) is 16.1. The summed E-state index contributed by atoms with van der Waals surface area (Å²) in [7, 11) is -6.44. The summed E-state index contributed by atoms with van der Waals surface area (Å²) in [4.78, 5) is 64.4. The van der Waals surface area contributed by atoms with Gasteiger partial charge in [-0.15, -0.1) is 0 Å². The zero-order valence-electron chi connectivity index (χ0n) is 22.5. The third kappa shape index (κ3) is 4.95. The van der Waals surface area contributed by atoms with Crippen LogP contribution in [0.25, 0.3) is 0 Å². The average Bonchev–Trinajstić information content (AvgIpc) is 3.21. The van der Waals surface area contributed by atoms with Gasteiger partial charge in [0.15, 0.2) is 17.7 Å². The van der Waals surface area contributed by atoms with Crippen LogP contribution >= 0.6 is 0 Å². The lowest BCUT2D eigenvalue weighted by Gasteiger charge is -2.33. The summed E-state index contributed by atoms with van der Waals surface area (Å²) in [5, 5.41) is 1.96. The molecule has 0 bridgehead atoms. The first kappa shape index (κ1) is 29.3. The van der Waals surface area contributed by atoms with Crippen molar-refractivity contribution in [2.75, 3.05) is 19.5 Å². The molecular weight excluding hydrogens is 606 g/mol. The van der Waals surface area contributed by atoms with Crippen LogP contribution in [0.3, 0.4) is 0 Å². The molecule has 222 valence electrons. The number of anilines is 1. The Hall–Kier alpha value is -5.23. The molecule has 4 amide bonds. The van der Waals surface area contributed by atoms with Crippen LogP contribution in [0.15, 0.2) is 69.8 Å². The summed E-state index contributed by atoms with van der Waals surface area (Å²) in [6, 6.07) is 7.08. The third-order valence-corrected chi connectivity index (χ3v) is 9.51. The van der Waals surface area contributed by atoms with E-state index in [9.17, 15) is 36.0 Å². The highest BCUT2D eigenvalue weighted by Gasteiger charge is 2.49. The lowest BCUT2D eigenvalue weighted by atomic mass is 10.1. The topological polar surface area (TPSA) is 214 Å². The smallest absolute Gasteiger partial charge is 0.286 e. The predicted molar refractivity (Wildman–Crippen MR) is 147 cm³/mol. The van der Waals surface area contributed by atoms with Crippen molar-refractivity contribution in [2.24, 2.45) is 4.99 Å². The fraction of sp³-hybridized carbons (Fsp3) is 0.160. The lowest BCUT2D eigenvalue weighted by Crippen LogP contribution is -2.57. The number of aromatic nitrogens is 2. The van der Waals surface area contributed by atoms with Gasteiger partial charge < -0.3 is 10.1 Å². The van der Waals surface area contributed by atoms with Crippen LogP contribution in [-0.4, -0.2) is 85.7 Å². The number of likely N-dealkylation sites (N-methyl/N-ethyl adjacent to an activating group) is 1. The number of carbonyl (C=O) groups excluding carboxylic acids is 4. The minimum absolute atomic E-state index is 0.0162. The number of amides is 4. The van der Waals surface area contributed by atoms with E-state index in [1.165, 1.54) is 37.6 Å². The van der Waals surface area contributed by atoms with Gasteiger partial charge in [-0.3, -0.25) is 28.4 Å². The monoisotopic (exact) mass is 627 g/mol. The van der Waals surface area contributed by atoms with Crippen molar-refractivity contribution < 1.29 is 40.8 Å². The van der Waals surface area contributed by atoms with Gasteiger partial charge in [-0.2, -0.15) is 8.42 Å². The summed E-state index contributed by atoms with van der Waals surface area (Å²) in [5.41, 5.74) is -0.145. The fourth-order valence-electron chi connectivity index (χ4n) is 4.43. The van der Waals surface area contributed by atoms with Crippen LogP contribution < -0.4 is 14.8 Å². The highest BCUT2D eigenvalue weighted by molar-refractivity contribution is 7.90. The van der Waals surface area contributed by atoms with Crippen molar-refractivity contribution in [2.45, 2.75) is 22.9 Å². The number of fused-ring (bicyclic) bond motifs is 2. The number of benzene rings is 2. The molecule has 0 fully saturated rings. The molecule has 1 aromatic heterocycles. The molecule has 2 N–H and O–H groups in total. The van der Waals surface area contributed by atoms with E-state index in [-0.39, 0.29) is 33.3 Å². The van der Waals surface area contributed by atoms with Crippen LogP contribution in [0.5, 0.6) is 5.75 Å². The zero-order chi connectivity index (χ0) is 31.3. The van der Waals surface area contributed by atoms with E-state index in [1.54, 1.807) is 4.72 Å². The van der Waals surface area contributed by atoms with E-state index in [1.807, 2.05) is 0 Å². The Labute approximate surface area is 244 Å². The first-order valence-corrected chi connectivity index (χ1v) is 15.1. The zero-order valence-corrected chi connectivity index (χ0v) is 24.1. The van der Waals surface area contributed by atoms with Gasteiger partial charge in [0.25, 0.3) is 37.8 Å². The summed E-state index contributed by atoms with van der Waals surface area (Å²) < 4.78 is 59.2. The molecule has 0 radical (unpaired) electrons. The van der Waals surface area contributed by atoms with Crippen LogP contribution in [0, 0.1) is 0 Å². The van der Waals surface area contributed by atoms with Crippen LogP contribution in [-0.2, 0) is 29.6 Å². The number of nitrogens with zero attached hydrogens (tertiary/aromatic N) is 5. The van der Waals surface area contributed by atoms with Gasteiger partial charge >= 0.3 is 0 Å². The molecule has 0 aliphatic carbocycles. The van der Waals surface area contributed by atoms with Gasteiger partial charge in [0, 0.05) is 32.4 Å². The largest absolute Gasteiger partial charge is 0.495 e. The molecule has 16 nitrogen and oxygen atoms in total. The molecule has 2 aromatic carbocycles. The van der Waals surface area contributed by atoms with E-state index in [2.05, 4.69) is 20.3 Å². The quantitative estimate of drug-likeness (QED) is 0.339. The summed E-state index contributed by atoms with van der Waals surface area (Å²) in [5.74, 6) is -4.79. The second-order valence-electron chi connectivity index (χ2n) is 9.07. The number of methoxy groups -OCH3 is 1. The molecule has 0 saturated heterocycles. The standard InChI is InChI=1S/C25H21N7O9S2/c1-13(33)30-42(37,38)14-8-9-17(18(12-14)41-3)28-22(34)19(32-24(35)15-6-4-5-7-16(15)25(32)36)21-29-20-23(27-11-10-26-20)43(39,40)31(21)2/h4-12,19H,1-3H3,(H,28,34)(H,30,33). The summed E-state index contributed by atoms with van der Waals surface area (Å²) >= 11 is 0. The second kappa shape index (κ2) is 10.6. The van der Waals surface area contributed by atoms with Crippen molar-refractivity contribution in [3.05, 3.63) is 66.0 Å². The highest BCUT2D eigenvalue weighted by Crippen LogP contribution is 2.33. The van der Waals surface area contributed by atoms with Crippen molar-refractivity contribution in [1.82, 2.24) is 23.9 Å². The number of hydrogen-bond donors (Lipinski definition) is 2. The van der Waals surface area contributed by atoms with Gasteiger partial charge in [-0.1, -0.05) is 12.1 Å². The van der Waals surface area contributed by atoms with Crippen molar-refractivity contribution in [3.8, 4) is 5.75 Å². The van der Waals surface area contributed by atoms with Crippen LogP contribution in [0.1, 0.15) is 27.6 Å². The summed E-state index contributed by atoms with van der Waals surface area (Å²) in [6.07, 6.45) is 2.32. The van der Waals surface area contributed by atoms with Gasteiger partial charge in [0.2, 0.25) is 10.9 Å². The molecule has 18 heteroatoms. The number of aliphatic imine (C=N–C) groups is 1. The number of hydrogen-bond acceptors (Lipinski definition) is 12. The van der Waals surface area contributed by atoms with E-state index >= 15 is 0 Å². The van der Waals surface area contributed by atoms with Gasteiger partial charge in [0.1, 0.15) is 5.75 Å². The molecule has 5 rings (SSSR count). The number of sulfonamides is 2. The van der Waals surface area contributed by atoms with Gasteiger partial charge in [0.05, 0.1) is 28.8 Å². The Morgan fingerprint density at radius 2 is 1.63 bits per heavy atom. The molecule has 2 aliphatic rings. The number of carbonyl (C=O) groups is 4. The minimum atomic E-state index is -4.42. The van der Waals surface area contributed by atoms with Gasteiger partial charge in [-0.05, 0) is 24.3 Å². The molecule has 43 heavy (non-hydrogen) atoms. The number of ether oxygens (including phenoxy) is 1. The number of imide groups is 1. The van der Waals surface area contributed by atoms with E-state index < -0.39 is 60.6 Å². The number of nitrogens with one attached hydrogen (secondary N) is 2. The molecule has 1 unspecified atom stereocenters.